The van der Waals surface area contributed by atoms with Gasteiger partial charge in [0.15, 0.2) is 11.3 Å². The van der Waals surface area contributed by atoms with Gasteiger partial charge in [-0.2, -0.15) is 26.3 Å². The van der Waals surface area contributed by atoms with E-state index in [0.29, 0.717) is 28.2 Å². The van der Waals surface area contributed by atoms with E-state index in [9.17, 15) is 31.4 Å². The lowest BCUT2D eigenvalue weighted by atomic mass is 10.1. The lowest BCUT2D eigenvalue weighted by Gasteiger charge is -2.08. The Labute approximate surface area is 304 Å². The molecule has 6 heterocycles. The first-order valence-corrected chi connectivity index (χ1v) is 16.0. The molecule has 53 heavy (non-hydrogen) atoms. The SMILES string of the molecule is Brc1cccnc1.FC(F)(F)c1nnc2ccc(-c3ccc(Oc4cccnc4)cc3)cn12.Oc1ccc(-c2ccc3nnc(C(F)(F)F)n3c2)cc1. The zero-order valence-corrected chi connectivity index (χ0v) is 28.4. The number of phenolic OH excluding ortho intramolecular Hbond substituents is 1. The van der Waals surface area contributed by atoms with E-state index in [-0.39, 0.29) is 17.0 Å². The zero-order chi connectivity index (χ0) is 37.6. The van der Waals surface area contributed by atoms with E-state index in [0.717, 1.165) is 18.8 Å². The minimum Gasteiger partial charge on any atom is -0.508 e. The minimum absolute atomic E-state index is 0.0927. The first kappa shape index (κ1) is 36.4. The van der Waals surface area contributed by atoms with E-state index >= 15 is 0 Å². The molecule has 6 aromatic heterocycles. The minimum atomic E-state index is -4.57. The topological polar surface area (TPSA) is 116 Å². The number of nitrogens with zero attached hydrogens (tertiary/aromatic N) is 8. The summed E-state index contributed by atoms with van der Waals surface area (Å²) in [7, 11) is 0. The molecule has 0 bridgehead atoms. The third-order valence-electron chi connectivity index (χ3n) is 7.20. The molecule has 0 aliphatic rings. The lowest BCUT2D eigenvalue weighted by molar-refractivity contribution is -0.146. The highest BCUT2D eigenvalue weighted by Gasteiger charge is 2.37. The second kappa shape index (κ2) is 15.5. The second-order valence-corrected chi connectivity index (χ2v) is 11.8. The van der Waals surface area contributed by atoms with Crippen LogP contribution in [0.1, 0.15) is 11.6 Å². The van der Waals surface area contributed by atoms with Gasteiger partial charge in [0.1, 0.15) is 17.2 Å². The van der Waals surface area contributed by atoms with Crippen molar-refractivity contribution in [3.8, 4) is 39.5 Å². The van der Waals surface area contributed by atoms with Crippen LogP contribution in [0.15, 0.2) is 139 Å². The Morgan fingerprint density at radius 1 is 0.528 bits per heavy atom. The van der Waals surface area contributed by atoms with Crippen LogP contribution < -0.4 is 4.74 Å². The molecule has 2 aromatic carbocycles. The fourth-order valence-electron chi connectivity index (χ4n) is 4.76. The number of pyridine rings is 4. The average molecular weight is 794 g/mol. The van der Waals surface area contributed by atoms with Gasteiger partial charge in [0.25, 0.3) is 0 Å². The van der Waals surface area contributed by atoms with Crippen molar-refractivity contribution in [2.45, 2.75) is 12.4 Å². The van der Waals surface area contributed by atoms with Crippen molar-refractivity contribution in [1.29, 1.82) is 0 Å². The van der Waals surface area contributed by atoms with Crippen LogP contribution in [0.5, 0.6) is 17.2 Å². The molecule has 0 saturated carbocycles. The Bertz CT molecular complexity index is 2420. The van der Waals surface area contributed by atoms with Crippen molar-refractivity contribution >= 4 is 27.2 Å². The summed E-state index contributed by atoms with van der Waals surface area (Å²) < 4.78 is 85.9. The van der Waals surface area contributed by atoms with E-state index in [1.54, 1.807) is 85.5 Å². The standard InChI is InChI=1S/C18H11F3N4O.C13H8F3N3O.C5H4BrN/c19-18(20,21)17-24-23-16-8-5-13(11-25(16)17)12-3-6-14(7-4-12)26-15-2-1-9-22-10-15;14-13(15,16)12-18-17-11-6-3-9(7-19(11)12)8-1-4-10(20)5-2-8;6-5-2-1-3-7-4-5/h1-11H;1-7,20H;1-4H. The summed E-state index contributed by atoms with van der Waals surface area (Å²) in [5, 5.41) is 22.6. The molecule has 8 rings (SSSR count). The zero-order valence-electron chi connectivity index (χ0n) is 26.8. The largest absolute Gasteiger partial charge is 0.508 e. The molecular formula is C36H23BrF6N8O2. The maximum atomic E-state index is 13.0. The fourth-order valence-corrected chi connectivity index (χ4v) is 5.04. The molecule has 268 valence electrons. The number of aromatic hydroxyl groups is 1. The highest BCUT2D eigenvalue weighted by atomic mass is 79.9. The monoisotopic (exact) mass is 792 g/mol. The van der Waals surface area contributed by atoms with Crippen molar-refractivity contribution in [3.05, 3.63) is 150 Å². The first-order chi connectivity index (χ1) is 25.3. The molecule has 17 heteroatoms. The van der Waals surface area contributed by atoms with E-state index in [1.165, 1.54) is 36.7 Å². The van der Waals surface area contributed by atoms with E-state index in [2.05, 4.69) is 46.3 Å². The highest BCUT2D eigenvalue weighted by molar-refractivity contribution is 9.10. The van der Waals surface area contributed by atoms with Gasteiger partial charge in [-0.3, -0.25) is 18.8 Å². The number of alkyl halides is 6. The molecule has 0 amide bonds. The molecule has 0 saturated heterocycles. The quantitative estimate of drug-likeness (QED) is 0.175. The number of halogens is 7. The van der Waals surface area contributed by atoms with Gasteiger partial charge in [-0.1, -0.05) is 24.3 Å². The van der Waals surface area contributed by atoms with Crippen LogP contribution in [-0.4, -0.2) is 44.3 Å². The summed E-state index contributed by atoms with van der Waals surface area (Å²) in [6, 6.07) is 26.9. The van der Waals surface area contributed by atoms with Crippen LogP contribution in [0.4, 0.5) is 26.3 Å². The summed E-state index contributed by atoms with van der Waals surface area (Å²) in [6.45, 7) is 0. The first-order valence-electron chi connectivity index (χ1n) is 15.2. The molecule has 0 spiro atoms. The number of hydrogen-bond acceptors (Lipinski definition) is 8. The normalized spacial score (nSPS) is 11.4. The van der Waals surface area contributed by atoms with Gasteiger partial charge in [-0.25, -0.2) is 0 Å². The third kappa shape index (κ3) is 9.12. The number of hydrogen-bond donors (Lipinski definition) is 1. The molecule has 0 fully saturated rings. The Morgan fingerprint density at radius 2 is 1.00 bits per heavy atom. The van der Waals surface area contributed by atoms with Gasteiger partial charge in [0.05, 0.1) is 6.20 Å². The molecule has 0 aliphatic carbocycles. The predicted molar refractivity (Wildman–Crippen MR) is 185 cm³/mol. The van der Waals surface area contributed by atoms with E-state index < -0.39 is 24.0 Å². The van der Waals surface area contributed by atoms with E-state index in [4.69, 9.17) is 4.74 Å². The summed E-state index contributed by atoms with van der Waals surface area (Å²) in [5.41, 5.74) is 2.87. The van der Waals surface area contributed by atoms with Crippen LogP contribution in [0.3, 0.4) is 0 Å². The Balaban J connectivity index is 0.000000157. The van der Waals surface area contributed by atoms with Gasteiger partial charge in [0.2, 0.25) is 11.6 Å². The van der Waals surface area contributed by atoms with Gasteiger partial charge < -0.3 is 9.84 Å². The molecule has 0 radical (unpaired) electrons. The number of benzene rings is 2. The number of phenols is 1. The van der Waals surface area contributed by atoms with E-state index in [1.807, 2.05) is 12.1 Å². The number of rotatable bonds is 4. The summed E-state index contributed by atoms with van der Waals surface area (Å²) >= 11 is 3.25. The predicted octanol–water partition coefficient (Wildman–Crippen LogP) is 9.57. The molecular weight excluding hydrogens is 770 g/mol. The van der Waals surface area contributed by atoms with Crippen molar-refractivity contribution in [2.75, 3.05) is 0 Å². The maximum Gasteiger partial charge on any atom is 0.452 e. The summed E-state index contributed by atoms with van der Waals surface area (Å²) in [6.07, 6.45) is 0.287. The molecule has 10 nitrogen and oxygen atoms in total. The molecule has 8 aromatic rings. The van der Waals surface area contributed by atoms with Gasteiger partial charge in [-0.05, 0) is 111 Å². The van der Waals surface area contributed by atoms with Crippen molar-refractivity contribution < 1.29 is 36.2 Å². The second-order valence-electron chi connectivity index (χ2n) is 10.9. The van der Waals surface area contributed by atoms with Crippen molar-refractivity contribution in [2.24, 2.45) is 0 Å². The van der Waals surface area contributed by atoms with Crippen LogP contribution in [-0.2, 0) is 12.4 Å². The van der Waals surface area contributed by atoms with Crippen molar-refractivity contribution in [3.63, 3.8) is 0 Å². The van der Waals surface area contributed by atoms with Gasteiger partial charge in [0, 0.05) is 35.5 Å². The average Bonchev–Trinajstić information content (AvgIpc) is 3.78. The van der Waals surface area contributed by atoms with Crippen LogP contribution in [0.25, 0.3) is 33.5 Å². The van der Waals surface area contributed by atoms with Crippen molar-refractivity contribution in [1.82, 2.24) is 39.2 Å². The highest BCUT2D eigenvalue weighted by Crippen LogP contribution is 2.31. The van der Waals surface area contributed by atoms with Gasteiger partial charge >= 0.3 is 12.4 Å². The Morgan fingerprint density at radius 3 is 1.42 bits per heavy atom. The molecule has 0 unspecified atom stereocenters. The summed E-state index contributed by atoms with van der Waals surface area (Å²) in [5.74, 6) is -0.821. The third-order valence-corrected chi connectivity index (χ3v) is 7.66. The molecule has 0 aliphatic heterocycles. The number of aromatic nitrogens is 8. The summed E-state index contributed by atoms with van der Waals surface area (Å²) in [4.78, 5) is 7.80. The fraction of sp³-hybridized carbons (Fsp3) is 0.0556. The maximum absolute atomic E-state index is 13.0. The number of ether oxygens (including phenoxy) is 1. The molecule has 1 N–H and O–H groups in total. The Hall–Kier alpha value is -6.36. The smallest absolute Gasteiger partial charge is 0.452 e. The Kier molecular flexibility index (Phi) is 10.6. The van der Waals surface area contributed by atoms with Crippen LogP contribution in [0.2, 0.25) is 0 Å². The van der Waals surface area contributed by atoms with Gasteiger partial charge in [-0.15, -0.1) is 20.4 Å². The van der Waals surface area contributed by atoms with Crippen LogP contribution in [0, 0.1) is 0 Å². The van der Waals surface area contributed by atoms with Crippen LogP contribution >= 0.6 is 15.9 Å². The molecule has 0 atom stereocenters. The lowest BCUT2D eigenvalue weighted by Crippen LogP contribution is -2.10. The number of fused-ring (bicyclic) bond motifs is 2.